The van der Waals surface area contributed by atoms with Gasteiger partial charge < -0.3 is 0 Å². The molecular formula is C3H11F. The fourth-order valence-electron chi connectivity index (χ4n) is 0. The van der Waals surface area contributed by atoms with Gasteiger partial charge in [0.25, 0.3) is 0 Å². The van der Waals surface area contributed by atoms with Gasteiger partial charge in [0.1, 0.15) is 0 Å². The molecule has 0 heterocycles. The van der Waals surface area contributed by atoms with E-state index in [1.54, 1.807) is 0 Å². The largest absolute Gasteiger partial charge is 0.255 e. The Morgan fingerprint density at radius 1 is 1.75 bits per heavy atom. The molecule has 0 amide bonds. The van der Waals surface area contributed by atoms with Crippen LogP contribution in [-0.2, 0) is 0 Å². The van der Waals surface area contributed by atoms with Gasteiger partial charge in [-0.25, -0.2) is 0 Å². The predicted molar refractivity (Wildman–Crippen MR) is 20.5 cm³/mol. The SMILES string of the molecule is C.C.[2H]CF. The average Bonchev–Trinajstić information content (AvgIpc) is 0.918. The van der Waals surface area contributed by atoms with Crippen molar-refractivity contribution >= 4 is 0 Å². The maximum absolute atomic E-state index is 9.96. The highest BCUT2D eigenvalue weighted by Gasteiger charge is 0.926. The molecule has 0 N–H and O–H groups in total. The van der Waals surface area contributed by atoms with Crippen molar-refractivity contribution < 1.29 is 5.76 Å². The highest BCUT2D eigenvalue weighted by molar-refractivity contribution is 3.23. The van der Waals surface area contributed by atoms with Gasteiger partial charge in [-0.2, -0.15) is 0 Å². The van der Waals surface area contributed by atoms with E-state index in [2.05, 4.69) is 0 Å². The topological polar surface area (TPSA) is 0 Å². The molecule has 0 aromatic heterocycles. The van der Waals surface area contributed by atoms with Crippen LogP contribution >= 0.6 is 0 Å². The second-order valence-corrected chi connectivity index (χ2v) is 0. The molecule has 0 aliphatic carbocycles. The summed E-state index contributed by atoms with van der Waals surface area (Å²) in [6.45, 7) is 0. The van der Waals surface area contributed by atoms with Gasteiger partial charge in [0.05, 0.1) is 8.52 Å². The lowest BCUT2D eigenvalue weighted by Gasteiger charge is -1.10. The van der Waals surface area contributed by atoms with E-state index in [4.69, 9.17) is 1.37 Å². The van der Waals surface area contributed by atoms with Crippen molar-refractivity contribution in [3.63, 3.8) is 0 Å². The van der Waals surface area contributed by atoms with Gasteiger partial charge in [0.15, 0.2) is 0 Å². The lowest BCUT2D eigenvalue weighted by molar-refractivity contribution is 0.636. The molecule has 0 aromatic rings. The molecule has 0 fully saturated rings. The molecule has 0 atom stereocenters. The molecule has 0 aromatic carbocycles. The van der Waals surface area contributed by atoms with Crippen LogP contribution in [0.2, 0.25) is 0 Å². The van der Waals surface area contributed by atoms with Crippen LogP contribution in [0.25, 0.3) is 0 Å². The first-order valence-electron chi connectivity index (χ1n) is 0.974. The molecule has 0 rings (SSSR count). The highest BCUT2D eigenvalue weighted by atomic mass is 19.1. The first-order chi connectivity index (χ1) is 1.41. The lowest BCUT2D eigenvalue weighted by atomic mass is 11.9. The summed E-state index contributed by atoms with van der Waals surface area (Å²) >= 11 is 0. The molecule has 1 heteroatoms. The van der Waals surface area contributed by atoms with Crippen molar-refractivity contribution in [1.29, 1.82) is 0 Å². The maximum atomic E-state index is 9.96. The molecule has 0 unspecified atom stereocenters. The number of alkyl halides is 1. The minimum atomic E-state index is -1.00. The van der Waals surface area contributed by atoms with Gasteiger partial charge in [-0.1, -0.05) is 14.9 Å². The Bertz CT molecular complexity index is 6.85. The molecule has 0 aliphatic heterocycles. The Morgan fingerprint density at radius 3 is 1.75 bits per heavy atom. The summed E-state index contributed by atoms with van der Waals surface area (Å²) in [6, 6.07) is 0. The van der Waals surface area contributed by atoms with Crippen LogP contribution in [-0.4, -0.2) is 7.15 Å². The summed E-state index contributed by atoms with van der Waals surface area (Å²) in [4.78, 5) is 0. The minimum Gasteiger partial charge on any atom is -0.255 e. The summed E-state index contributed by atoms with van der Waals surface area (Å²) in [6.07, 6.45) is 0. The number of hydrogen-bond donors (Lipinski definition) is 0. The van der Waals surface area contributed by atoms with E-state index in [9.17, 15) is 4.39 Å². The van der Waals surface area contributed by atoms with Crippen LogP contribution in [0.4, 0.5) is 4.39 Å². The molecular weight excluding hydrogens is 55.0 g/mol. The minimum absolute atomic E-state index is 0. The number of hydrogen-bond acceptors (Lipinski definition) is 0. The predicted octanol–water partition coefficient (Wildman–Crippen LogP) is 1.86. The standard InChI is InChI=1S/CH3F.2CH4/c1-2;;/h1H3;2*1H4/i1D;;. The second-order valence-electron chi connectivity index (χ2n) is 0. The summed E-state index contributed by atoms with van der Waals surface area (Å²) in [7, 11) is -1.00. The molecule has 4 heavy (non-hydrogen) atoms. The van der Waals surface area contributed by atoms with Gasteiger partial charge in [0, 0.05) is 0 Å². The lowest BCUT2D eigenvalue weighted by Crippen LogP contribution is -0.939. The van der Waals surface area contributed by atoms with Crippen molar-refractivity contribution in [2.75, 3.05) is 7.15 Å². The first kappa shape index (κ1) is 9.06. The zero-order valence-corrected chi connectivity index (χ0v) is 1.09. The van der Waals surface area contributed by atoms with Crippen LogP contribution < -0.4 is 0 Å². The van der Waals surface area contributed by atoms with Crippen LogP contribution in [0, 0.1) is 0 Å². The zero-order chi connectivity index (χ0) is 2.71. The smallest absolute Gasteiger partial charge is 0.0785 e. The first-order valence-corrected chi connectivity index (χ1v) is 0.267. The molecule has 0 saturated heterocycles. The van der Waals surface area contributed by atoms with Crippen molar-refractivity contribution in [3.05, 3.63) is 0 Å². The Hall–Kier alpha value is -0.0700. The molecule has 0 saturated carbocycles. The third-order valence-corrected chi connectivity index (χ3v) is 0. The zero-order valence-electron chi connectivity index (χ0n) is 2.09. The molecule has 0 aliphatic rings. The Kier molecular flexibility index (Phi) is 5040. The fourth-order valence-corrected chi connectivity index (χ4v) is 0. The van der Waals surface area contributed by atoms with Gasteiger partial charge >= 0.3 is 0 Å². The molecule has 0 nitrogen and oxygen atoms in total. The van der Waals surface area contributed by atoms with Gasteiger partial charge in [-0.3, -0.25) is 4.39 Å². The number of rotatable bonds is 0. The molecule has 0 bridgehead atoms. The van der Waals surface area contributed by atoms with Crippen molar-refractivity contribution in [2.24, 2.45) is 0 Å². The van der Waals surface area contributed by atoms with E-state index in [1.807, 2.05) is 0 Å². The second kappa shape index (κ2) is 2230. The molecule has 0 spiro atoms. The normalized spacial score (nSPS) is 4.75. The average molecular weight is 67.1 g/mol. The van der Waals surface area contributed by atoms with Crippen molar-refractivity contribution in [3.8, 4) is 0 Å². The number of halogens is 1. The third kappa shape index (κ3) is 341. The summed E-state index contributed by atoms with van der Waals surface area (Å²) in [5, 5.41) is 0. The Labute approximate surface area is 29.1 Å². The van der Waals surface area contributed by atoms with Gasteiger partial charge in [0.2, 0.25) is 0 Å². The Morgan fingerprint density at radius 2 is 1.75 bits per heavy atom. The van der Waals surface area contributed by atoms with Crippen LogP contribution in [0.15, 0.2) is 0 Å². The summed E-state index contributed by atoms with van der Waals surface area (Å²) in [5.41, 5.74) is 0. The Balaban J connectivity index is -0.0000000200. The van der Waals surface area contributed by atoms with E-state index in [0.29, 0.717) is 0 Å². The van der Waals surface area contributed by atoms with Gasteiger partial charge in [-0.15, -0.1) is 0 Å². The third-order valence-electron chi connectivity index (χ3n) is 0. The van der Waals surface area contributed by atoms with Crippen LogP contribution in [0.3, 0.4) is 0 Å². The van der Waals surface area contributed by atoms with Crippen LogP contribution in [0.5, 0.6) is 0 Å². The maximum Gasteiger partial charge on any atom is 0.0785 e. The van der Waals surface area contributed by atoms with E-state index in [-0.39, 0.29) is 14.9 Å². The summed E-state index contributed by atoms with van der Waals surface area (Å²) < 4.78 is 15.5. The fraction of sp³-hybridized carbons (Fsp3) is 1.00. The highest BCUT2D eigenvalue weighted by Crippen LogP contribution is 1.16. The van der Waals surface area contributed by atoms with Gasteiger partial charge in [-0.05, 0) is 0 Å². The van der Waals surface area contributed by atoms with Crippen molar-refractivity contribution in [2.45, 2.75) is 14.9 Å². The summed E-state index contributed by atoms with van der Waals surface area (Å²) in [5.74, 6) is 0. The molecule has 0 radical (unpaired) electrons. The van der Waals surface area contributed by atoms with Crippen LogP contribution in [0.1, 0.15) is 16.2 Å². The molecule has 30 valence electrons. The van der Waals surface area contributed by atoms with Crippen molar-refractivity contribution in [1.82, 2.24) is 0 Å². The van der Waals surface area contributed by atoms with E-state index in [1.165, 1.54) is 0 Å². The monoisotopic (exact) mass is 67.1 g/mol. The van der Waals surface area contributed by atoms with E-state index in [0.717, 1.165) is 0 Å². The van der Waals surface area contributed by atoms with E-state index >= 15 is 0 Å². The quantitative estimate of drug-likeness (QED) is 0.405. The van der Waals surface area contributed by atoms with E-state index < -0.39 is 7.15 Å².